The molecule has 1 saturated heterocycles. The Hall–Kier alpha value is -3.35. The number of nitrogens with zero attached hydrogens (tertiary/aromatic N) is 1. The number of piperidine rings is 1. The Labute approximate surface area is 193 Å². The predicted molar refractivity (Wildman–Crippen MR) is 124 cm³/mol. The summed E-state index contributed by atoms with van der Waals surface area (Å²) in [6, 6.07) is 15.2. The summed E-state index contributed by atoms with van der Waals surface area (Å²) in [6.07, 6.45) is 2.09. The average Bonchev–Trinajstić information content (AvgIpc) is 3.14. The monoisotopic (exact) mass is 450 g/mol. The molecule has 2 aliphatic rings. The molecule has 0 bridgehead atoms. The molecule has 2 aromatic rings. The predicted octanol–water partition coefficient (Wildman–Crippen LogP) is 4.16. The van der Waals surface area contributed by atoms with E-state index in [1.54, 1.807) is 4.90 Å². The fourth-order valence-corrected chi connectivity index (χ4v) is 5.03. The van der Waals surface area contributed by atoms with Crippen molar-refractivity contribution in [3.05, 3.63) is 59.7 Å². The van der Waals surface area contributed by atoms with Crippen LogP contribution in [0.25, 0.3) is 11.1 Å². The normalized spacial score (nSPS) is 18.2. The Morgan fingerprint density at radius 3 is 2.30 bits per heavy atom. The molecule has 4 rings (SSSR count). The topological polar surface area (TPSA) is 95.9 Å². The van der Waals surface area contributed by atoms with Crippen LogP contribution in [0.5, 0.6) is 0 Å². The molecule has 1 fully saturated rings. The number of fused-ring (bicyclic) bond motifs is 3. The van der Waals surface area contributed by atoms with Gasteiger partial charge in [-0.1, -0.05) is 55.5 Å². The Balaban J connectivity index is 1.40. The Morgan fingerprint density at radius 2 is 1.70 bits per heavy atom. The van der Waals surface area contributed by atoms with Crippen LogP contribution in [-0.2, 0) is 14.3 Å². The van der Waals surface area contributed by atoms with Gasteiger partial charge in [-0.05, 0) is 47.9 Å². The van der Waals surface area contributed by atoms with Gasteiger partial charge in [0.05, 0.1) is 6.42 Å². The van der Waals surface area contributed by atoms with Crippen LogP contribution < -0.4 is 5.32 Å². The van der Waals surface area contributed by atoms with E-state index in [-0.39, 0.29) is 30.9 Å². The summed E-state index contributed by atoms with van der Waals surface area (Å²) in [5, 5.41) is 11.9. The minimum absolute atomic E-state index is 0.0547. The van der Waals surface area contributed by atoms with Crippen molar-refractivity contribution < 1.29 is 24.2 Å². The summed E-state index contributed by atoms with van der Waals surface area (Å²) in [7, 11) is 0. The average molecular weight is 451 g/mol. The van der Waals surface area contributed by atoms with Crippen molar-refractivity contribution in [2.24, 2.45) is 0 Å². The van der Waals surface area contributed by atoms with Gasteiger partial charge in [0.25, 0.3) is 0 Å². The summed E-state index contributed by atoms with van der Waals surface area (Å²) in [5.41, 5.74) is 4.55. The van der Waals surface area contributed by atoms with Crippen molar-refractivity contribution in [2.75, 3.05) is 13.2 Å². The lowest BCUT2D eigenvalue weighted by molar-refractivity contribution is -0.142. The molecule has 1 aliphatic carbocycles. The lowest BCUT2D eigenvalue weighted by Gasteiger charge is -2.37. The van der Waals surface area contributed by atoms with Gasteiger partial charge in [0, 0.05) is 18.5 Å². The van der Waals surface area contributed by atoms with Crippen molar-refractivity contribution >= 4 is 18.0 Å². The minimum Gasteiger partial charge on any atom is -0.481 e. The quantitative estimate of drug-likeness (QED) is 0.660. The van der Waals surface area contributed by atoms with Gasteiger partial charge in [-0.15, -0.1) is 0 Å². The number of amides is 2. The van der Waals surface area contributed by atoms with E-state index in [2.05, 4.69) is 29.6 Å². The standard InChI is InChI=1S/C26H30N2O5/c1-2-23(25(31)28-14-8-7-9-17(28)15-24(29)30)27-26(32)33-16-22-20-12-5-3-10-18(20)19-11-4-6-13-21(19)22/h3-6,10-13,17,22-23H,2,7-9,14-16H2,1H3,(H,27,32)(H,29,30). The smallest absolute Gasteiger partial charge is 0.407 e. The van der Waals surface area contributed by atoms with Crippen LogP contribution >= 0.6 is 0 Å². The Bertz CT molecular complexity index is 991. The van der Waals surface area contributed by atoms with Crippen LogP contribution in [0.1, 0.15) is 56.1 Å². The maximum Gasteiger partial charge on any atom is 0.407 e. The molecule has 33 heavy (non-hydrogen) atoms. The lowest BCUT2D eigenvalue weighted by Crippen LogP contribution is -2.53. The molecule has 2 amide bonds. The summed E-state index contributed by atoms with van der Waals surface area (Å²) >= 11 is 0. The number of aliphatic carboxylic acids is 1. The number of hydrogen-bond acceptors (Lipinski definition) is 4. The first-order valence-corrected chi connectivity index (χ1v) is 11.6. The van der Waals surface area contributed by atoms with Crippen molar-refractivity contribution in [1.29, 1.82) is 0 Å². The van der Waals surface area contributed by atoms with E-state index in [9.17, 15) is 19.5 Å². The third-order valence-electron chi connectivity index (χ3n) is 6.66. The number of carbonyl (C=O) groups is 3. The minimum atomic E-state index is -0.919. The van der Waals surface area contributed by atoms with Crippen molar-refractivity contribution in [1.82, 2.24) is 10.2 Å². The molecule has 7 nitrogen and oxygen atoms in total. The van der Waals surface area contributed by atoms with Gasteiger partial charge in [-0.25, -0.2) is 4.79 Å². The van der Waals surface area contributed by atoms with Crippen LogP contribution in [0.2, 0.25) is 0 Å². The van der Waals surface area contributed by atoms with E-state index >= 15 is 0 Å². The molecule has 1 heterocycles. The van der Waals surface area contributed by atoms with Gasteiger partial charge < -0.3 is 20.1 Å². The number of carbonyl (C=O) groups excluding carboxylic acids is 2. The zero-order chi connectivity index (χ0) is 23.4. The van der Waals surface area contributed by atoms with E-state index in [4.69, 9.17) is 4.74 Å². The second kappa shape index (κ2) is 10.1. The molecule has 0 radical (unpaired) electrons. The number of likely N-dealkylation sites (tertiary alicyclic amines) is 1. The van der Waals surface area contributed by atoms with Gasteiger partial charge >= 0.3 is 12.1 Å². The molecule has 2 unspecified atom stereocenters. The number of alkyl carbamates (subject to hydrolysis) is 1. The van der Waals surface area contributed by atoms with Gasteiger partial charge in [0.2, 0.25) is 5.91 Å². The highest BCUT2D eigenvalue weighted by molar-refractivity contribution is 5.86. The first kappa shape index (κ1) is 22.8. The highest BCUT2D eigenvalue weighted by Gasteiger charge is 2.34. The van der Waals surface area contributed by atoms with Crippen molar-refractivity contribution in [3.8, 4) is 11.1 Å². The van der Waals surface area contributed by atoms with Crippen LogP contribution in [0.3, 0.4) is 0 Å². The second-order valence-electron chi connectivity index (χ2n) is 8.71. The zero-order valence-corrected chi connectivity index (χ0v) is 18.8. The molecule has 7 heteroatoms. The van der Waals surface area contributed by atoms with E-state index in [1.165, 1.54) is 0 Å². The fourth-order valence-electron chi connectivity index (χ4n) is 5.03. The summed E-state index contributed by atoms with van der Waals surface area (Å²) in [6.45, 7) is 2.51. The highest BCUT2D eigenvalue weighted by Crippen LogP contribution is 2.44. The van der Waals surface area contributed by atoms with Crippen molar-refractivity contribution in [3.63, 3.8) is 0 Å². The number of hydrogen-bond donors (Lipinski definition) is 2. The van der Waals surface area contributed by atoms with Crippen LogP contribution in [-0.4, -0.2) is 53.2 Å². The van der Waals surface area contributed by atoms with Crippen LogP contribution in [0.15, 0.2) is 48.5 Å². The van der Waals surface area contributed by atoms with Gasteiger partial charge in [0.15, 0.2) is 0 Å². The molecule has 0 spiro atoms. The van der Waals surface area contributed by atoms with E-state index in [0.29, 0.717) is 19.4 Å². The number of benzene rings is 2. The maximum absolute atomic E-state index is 13.1. The molecule has 2 atom stereocenters. The molecule has 2 aromatic carbocycles. The number of carboxylic acids is 1. The molecule has 0 aromatic heterocycles. The van der Waals surface area contributed by atoms with Gasteiger partial charge in [-0.3, -0.25) is 9.59 Å². The van der Waals surface area contributed by atoms with Crippen LogP contribution in [0.4, 0.5) is 4.79 Å². The number of carboxylic acid groups (broad SMARTS) is 1. The Kier molecular flexibility index (Phi) is 6.96. The fraction of sp³-hybridized carbons (Fsp3) is 0.423. The molecule has 2 N–H and O–H groups in total. The summed E-state index contributed by atoms with van der Waals surface area (Å²) < 4.78 is 5.59. The highest BCUT2D eigenvalue weighted by atomic mass is 16.5. The number of nitrogens with one attached hydrogen (secondary N) is 1. The van der Waals surface area contributed by atoms with E-state index in [1.807, 2.05) is 31.2 Å². The molecular formula is C26H30N2O5. The molecule has 1 aliphatic heterocycles. The summed E-state index contributed by atoms with van der Waals surface area (Å²) in [5.74, 6) is -1.21. The Morgan fingerprint density at radius 1 is 1.06 bits per heavy atom. The number of rotatable bonds is 7. The third kappa shape index (κ3) is 4.87. The maximum atomic E-state index is 13.1. The van der Waals surface area contributed by atoms with Gasteiger partial charge in [0.1, 0.15) is 12.6 Å². The second-order valence-corrected chi connectivity index (χ2v) is 8.71. The summed E-state index contributed by atoms with van der Waals surface area (Å²) in [4.78, 5) is 38.6. The number of ether oxygens (including phenoxy) is 1. The molecule has 0 saturated carbocycles. The third-order valence-corrected chi connectivity index (χ3v) is 6.66. The zero-order valence-electron chi connectivity index (χ0n) is 18.8. The molecular weight excluding hydrogens is 420 g/mol. The SMILES string of the molecule is CCC(NC(=O)OCC1c2ccccc2-c2ccccc21)C(=O)N1CCCCC1CC(=O)O. The molecule has 174 valence electrons. The van der Waals surface area contributed by atoms with E-state index in [0.717, 1.165) is 35.1 Å². The van der Waals surface area contributed by atoms with Gasteiger partial charge in [-0.2, -0.15) is 0 Å². The lowest BCUT2D eigenvalue weighted by atomic mass is 9.98. The first-order chi connectivity index (χ1) is 16.0. The van der Waals surface area contributed by atoms with Crippen molar-refractivity contribution in [2.45, 2.75) is 57.0 Å². The van der Waals surface area contributed by atoms with E-state index < -0.39 is 18.1 Å². The van der Waals surface area contributed by atoms with Crippen LogP contribution in [0, 0.1) is 0 Å². The largest absolute Gasteiger partial charge is 0.481 e. The first-order valence-electron chi connectivity index (χ1n) is 11.6.